The Hall–Kier alpha value is -3.30. The molecule has 1 aliphatic heterocycles. The summed E-state index contributed by atoms with van der Waals surface area (Å²) in [6, 6.07) is 14.4. The molecule has 0 aliphatic carbocycles. The molecular formula is C23H28N6O3. The Morgan fingerprint density at radius 1 is 1.12 bits per heavy atom. The lowest BCUT2D eigenvalue weighted by molar-refractivity contribution is -0.384. The second-order valence-electron chi connectivity index (χ2n) is 7.84. The van der Waals surface area contributed by atoms with Crippen molar-refractivity contribution < 1.29 is 9.45 Å². The normalized spacial score (nSPS) is 14.8. The molecule has 3 aromatic rings. The summed E-state index contributed by atoms with van der Waals surface area (Å²) in [5, 5.41) is 15.4. The van der Waals surface area contributed by atoms with E-state index in [9.17, 15) is 10.1 Å². The molecular weight excluding hydrogens is 408 g/mol. The molecule has 0 radical (unpaired) electrons. The van der Waals surface area contributed by atoms with Crippen molar-refractivity contribution in [1.82, 2.24) is 19.9 Å². The van der Waals surface area contributed by atoms with Crippen LogP contribution in [0.25, 0.3) is 11.3 Å². The van der Waals surface area contributed by atoms with E-state index in [2.05, 4.69) is 37.8 Å². The van der Waals surface area contributed by atoms with Crippen molar-refractivity contribution in [2.24, 2.45) is 0 Å². The molecule has 168 valence electrons. The van der Waals surface area contributed by atoms with Crippen LogP contribution in [-0.2, 0) is 6.54 Å². The minimum Gasteiger partial charge on any atom is -0.359 e. The van der Waals surface area contributed by atoms with E-state index in [4.69, 9.17) is 4.52 Å². The number of likely N-dealkylation sites (N-methyl/N-ethyl adjacent to an activating group) is 1. The summed E-state index contributed by atoms with van der Waals surface area (Å²) in [7, 11) is 0. The number of nitrogens with zero attached hydrogens (tertiary/aromatic N) is 6. The average molecular weight is 437 g/mol. The molecule has 0 atom stereocenters. The molecule has 0 unspecified atom stereocenters. The van der Waals surface area contributed by atoms with Crippen molar-refractivity contribution in [3.05, 3.63) is 70.6 Å². The number of hydrogen-bond acceptors (Lipinski definition) is 8. The molecule has 1 aromatic carbocycles. The first-order chi connectivity index (χ1) is 15.6. The van der Waals surface area contributed by atoms with Crippen LogP contribution >= 0.6 is 0 Å². The molecule has 0 amide bonds. The van der Waals surface area contributed by atoms with Crippen LogP contribution in [0.2, 0.25) is 0 Å². The third-order valence-electron chi connectivity index (χ3n) is 5.84. The van der Waals surface area contributed by atoms with Crippen molar-refractivity contribution >= 4 is 11.5 Å². The molecule has 4 rings (SSSR count). The Labute approximate surface area is 187 Å². The number of piperazine rings is 1. The summed E-state index contributed by atoms with van der Waals surface area (Å²) in [5.41, 5.74) is 1.000. The van der Waals surface area contributed by atoms with Gasteiger partial charge in [0.25, 0.3) is 5.69 Å². The zero-order valence-electron chi connectivity index (χ0n) is 18.3. The van der Waals surface area contributed by atoms with Gasteiger partial charge < -0.3 is 9.42 Å². The molecule has 3 heterocycles. The number of rotatable bonds is 9. The lowest BCUT2D eigenvalue weighted by Crippen LogP contribution is -2.48. The van der Waals surface area contributed by atoms with Crippen LogP contribution in [0.4, 0.5) is 11.5 Å². The maximum atomic E-state index is 11.3. The molecule has 0 saturated carbocycles. The van der Waals surface area contributed by atoms with Gasteiger partial charge in [0, 0.05) is 57.6 Å². The zero-order chi connectivity index (χ0) is 22.3. The number of nitro groups is 1. The number of benzene rings is 1. The second-order valence-corrected chi connectivity index (χ2v) is 7.84. The fourth-order valence-corrected chi connectivity index (χ4v) is 3.96. The van der Waals surface area contributed by atoms with Gasteiger partial charge in [0.05, 0.1) is 17.0 Å². The van der Waals surface area contributed by atoms with Crippen LogP contribution in [0, 0.1) is 10.1 Å². The number of hydrogen-bond donors (Lipinski definition) is 0. The van der Waals surface area contributed by atoms with Crippen LogP contribution in [0.5, 0.6) is 0 Å². The molecule has 9 heteroatoms. The van der Waals surface area contributed by atoms with E-state index >= 15 is 0 Å². The lowest BCUT2D eigenvalue weighted by atomic mass is 10.1. The van der Waals surface area contributed by atoms with Crippen LogP contribution in [0.15, 0.2) is 59.3 Å². The van der Waals surface area contributed by atoms with Gasteiger partial charge in [-0.1, -0.05) is 30.3 Å². The van der Waals surface area contributed by atoms with Gasteiger partial charge in [-0.15, -0.1) is 0 Å². The van der Waals surface area contributed by atoms with Crippen molar-refractivity contribution in [2.75, 3.05) is 50.7 Å². The zero-order valence-corrected chi connectivity index (χ0v) is 18.3. The number of para-hydroxylation sites is 1. The van der Waals surface area contributed by atoms with Crippen molar-refractivity contribution in [3.8, 4) is 11.3 Å². The first-order valence-corrected chi connectivity index (χ1v) is 10.9. The van der Waals surface area contributed by atoms with Gasteiger partial charge in [0.1, 0.15) is 11.5 Å². The largest absolute Gasteiger partial charge is 0.359 e. The van der Waals surface area contributed by atoms with E-state index in [1.54, 1.807) is 24.3 Å². The average Bonchev–Trinajstić information content (AvgIpc) is 3.31. The predicted molar refractivity (Wildman–Crippen MR) is 122 cm³/mol. The van der Waals surface area contributed by atoms with Gasteiger partial charge in [0.15, 0.2) is 5.76 Å². The van der Waals surface area contributed by atoms with E-state index in [0.717, 1.165) is 51.6 Å². The van der Waals surface area contributed by atoms with Gasteiger partial charge in [-0.25, -0.2) is 4.98 Å². The van der Waals surface area contributed by atoms with Crippen LogP contribution < -0.4 is 4.90 Å². The Morgan fingerprint density at radius 2 is 1.91 bits per heavy atom. The Bertz CT molecular complexity index is 1020. The molecule has 0 N–H and O–H groups in total. The third kappa shape index (κ3) is 5.30. The SMILES string of the molecule is CCN(CCN1CCN(c2ccccn2)CC1)Cc1cc(-c2ccccc2[N+](=O)[O-])no1. The molecule has 2 aromatic heterocycles. The summed E-state index contributed by atoms with van der Waals surface area (Å²) < 4.78 is 5.50. The Morgan fingerprint density at radius 3 is 2.62 bits per heavy atom. The highest BCUT2D eigenvalue weighted by Crippen LogP contribution is 2.29. The Kier molecular flexibility index (Phi) is 7.08. The summed E-state index contributed by atoms with van der Waals surface area (Å²) >= 11 is 0. The number of anilines is 1. The van der Waals surface area contributed by atoms with Crippen LogP contribution in [0.3, 0.4) is 0 Å². The van der Waals surface area contributed by atoms with E-state index in [-0.39, 0.29) is 5.69 Å². The maximum absolute atomic E-state index is 11.3. The van der Waals surface area contributed by atoms with Gasteiger partial charge in [-0.05, 0) is 24.7 Å². The summed E-state index contributed by atoms with van der Waals surface area (Å²) in [4.78, 5) is 22.4. The molecule has 0 bridgehead atoms. The number of pyridine rings is 1. The van der Waals surface area contributed by atoms with E-state index in [1.165, 1.54) is 6.07 Å². The molecule has 32 heavy (non-hydrogen) atoms. The van der Waals surface area contributed by atoms with Crippen LogP contribution in [0.1, 0.15) is 12.7 Å². The number of nitro benzene ring substituents is 1. The van der Waals surface area contributed by atoms with Crippen molar-refractivity contribution in [2.45, 2.75) is 13.5 Å². The van der Waals surface area contributed by atoms with Crippen molar-refractivity contribution in [3.63, 3.8) is 0 Å². The minimum absolute atomic E-state index is 0.0320. The monoisotopic (exact) mass is 436 g/mol. The van der Waals surface area contributed by atoms with E-state index in [0.29, 0.717) is 23.6 Å². The molecule has 0 spiro atoms. The molecule has 1 fully saturated rings. The molecule has 1 aliphatic rings. The van der Waals surface area contributed by atoms with Gasteiger partial charge in [-0.2, -0.15) is 0 Å². The van der Waals surface area contributed by atoms with Gasteiger partial charge >= 0.3 is 0 Å². The second kappa shape index (κ2) is 10.3. The minimum atomic E-state index is -0.393. The summed E-state index contributed by atoms with van der Waals surface area (Å²) in [6.07, 6.45) is 1.84. The van der Waals surface area contributed by atoms with Crippen LogP contribution in [-0.4, -0.2) is 70.7 Å². The van der Waals surface area contributed by atoms with E-state index in [1.807, 2.05) is 18.3 Å². The first-order valence-electron chi connectivity index (χ1n) is 10.9. The lowest BCUT2D eigenvalue weighted by Gasteiger charge is -2.36. The van der Waals surface area contributed by atoms with Crippen molar-refractivity contribution in [1.29, 1.82) is 0 Å². The highest BCUT2D eigenvalue weighted by atomic mass is 16.6. The molecule has 1 saturated heterocycles. The van der Waals surface area contributed by atoms with Gasteiger partial charge in [0.2, 0.25) is 0 Å². The fraction of sp³-hybridized carbons (Fsp3) is 0.391. The summed E-state index contributed by atoms with van der Waals surface area (Å²) in [6.45, 7) is 9.51. The first kappa shape index (κ1) is 21.9. The highest BCUT2D eigenvalue weighted by molar-refractivity contribution is 5.70. The number of aromatic nitrogens is 2. The Balaban J connectivity index is 1.29. The highest BCUT2D eigenvalue weighted by Gasteiger charge is 2.20. The predicted octanol–water partition coefficient (Wildman–Crippen LogP) is 3.29. The van der Waals surface area contributed by atoms with Gasteiger partial charge in [-0.3, -0.25) is 19.9 Å². The third-order valence-corrected chi connectivity index (χ3v) is 5.84. The fourth-order valence-electron chi connectivity index (χ4n) is 3.96. The standard InChI is InChI=1S/C23H28N6O3/c1-2-26(11-12-27-13-15-28(16-14-27)23-9-5-6-10-24-23)18-19-17-21(25-32-19)20-7-3-4-8-22(20)29(30)31/h3-10,17H,2,11-16,18H2,1H3. The quantitative estimate of drug-likeness (QED) is 0.373. The summed E-state index contributed by atoms with van der Waals surface area (Å²) in [5.74, 6) is 1.75. The van der Waals surface area contributed by atoms with E-state index < -0.39 is 4.92 Å². The molecule has 9 nitrogen and oxygen atoms in total. The smallest absolute Gasteiger partial charge is 0.278 e. The maximum Gasteiger partial charge on any atom is 0.278 e. The topological polar surface area (TPSA) is 91.8 Å².